The number of anilines is 1. The number of nitrogens with zero attached hydrogens (tertiary/aromatic N) is 3. The molecule has 0 bridgehead atoms. The maximum Gasteiger partial charge on any atom is 0.341 e. The number of nitro groups is 1. The van der Waals surface area contributed by atoms with Gasteiger partial charge in [-0.3, -0.25) is 15.4 Å². The molecule has 104 valence electrons. The van der Waals surface area contributed by atoms with E-state index in [2.05, 4.69) is 20.8 Å². The number of nitro benzene ring substituents is 1. The number of amides is 2. The molecule has 1 aromatic heterocycles. The van der Waals surface area contributed by atoms with Crippen molar-refractivity contribution in [2.75, 3.05) is 5.32 Å². The zero-order chi connectivity index (χ0) is 14.7. The van der Waals surface area contributed by atoms with Crippen molar-refractivity contribution in [1.29, 1.82) is 0 Å². The number of benzene rings is 1. The number of hydrazone groups is 1. The standard InChI is InChI=1S/C11H11N5O3S/c1-6(2)14-15-10(17)13-11-12-8-4-3-7(16(18)19)5-9(8)20-11/h3-5H,1-2H3,(H2,12,13,15,17). The first-order valence-electron chi connectivity index (χ1n) is 5.58. The van der Waals surface area contributed by atoms with Crippen molar-refractivity contribution in [3.8, 4) is 0 Å². The number of hydrogen-bond acceptors (Lipinski definition) is 6. The van der Waals surface area contributed by atoms with Crippen LogP contribution in [0.4, 0.5) is 15.6 Å². The van der Waals surface area contributed by atoms with Crippen LogP contribution in [0.15, 0.2) is 23.3 Å². The summed E-state index contributed by atoms with van der Waals surface area (Å²) in [7, 11) is 0. The molecule has 0 fully saturated rings. The fourth-order valence-corrected chi connectivity index (χ4v) is 2.26. The quantitative estimate of drug-likeness (QED) is 0.515. The number of carbonyl (C=O) groups excluding carboxylic acids is 1. The number of nitrogens with one attached hydrogen (secondary N) is 2. The van der Waals surface area contributed by atoms with Gasteiger partial charge in [-0.15, -0.1) is 0 Å². The van der Waals surface area contributed by atoms with Crippen LogP contribution in [0.2, 0.25) is 0 Å². The van der Waals surface area contributed by atoms with Crippen molar-refractivity contribution in [3.63, 3.8) is 0 Å². The number of fused-ring (bicyclic) bond motifs is 1. The van der Waals surface area contributed by atoms with Crippen LogP contribution in [0, 0.1) is 10.1 Å². The average Bonchev–Trinajstić information content (AvgIpc) is 2.77. The van der Waals surface area contributed by atoms with E-state index in [-0.39, 0.29) is 5.69 Å². The number of rotatable bonds is 3. The summed E-state index contributed by atoms with van der Waals surface area (Å²) in [4.78, 5) is 25.9. The van der Waals surface area contributed by atoms with Gasteiger partial charge in [0, 0.05) is 17.8 Å². The molecule has 0 unspecified atom stereocenters. The van der Waals surface area contributed by atoms with Crippen LogP contribution < -0.4 is 10.7 Å². The third-order valence-electron chi connectivity index (χ3n) is 2.18. The molecule has 0 aliphatic heterocycles. The number of aromatic nitrogens is 1. The first-order chi connectivity index (χ1) is 9.45. The largest absolute Gasteiger partial charge is 0.341 e. The Bertz CT molecular complexity index is 705. The SMILES string of the molecule is CC(C)=NNC(=O)Nc1nc2ccc([N+](=O)[O-])cc2s1. The molecule has 0 aliphatic rings. The Kier molecular flexibility index (Phi) is 3.89. The zero-order valence-corrected chi connectivity index (χ0v) is 11.5. The molecule has 1 heterocycles. The molecule has 0 saturated carbocycles. The third kappa shape index (κ3) is 3.26. The van der Waals surface area contributed by atoms with Crippen LogP contribution in [0.1, 0.15) is 13.8 Å². The molecular formula is C11H11N5O3S. The molecule has 20 heavy (non-hydrogen) atoms. The molecule has 2 amide bonds. The van der Waals surface area contributed by atoms with Crippen molar-refractivity contribution < 1.29 is 9.72 Å². The van der Waals surface area contributed by atoms with Crippen molar-refractivity contribution in [2.45, 2.75) is 13.8 Å². The third-order valence-corrected chi connectivity index (χ3v) is 3.12. The zero-order valence-electron chi connectivity index (χ0n) is 10.7. The second-order valence-electron chi connectivity index (χ2n) is 4.05. The minimum Gasteiger partial charge on any atom is -0.282 e. The number of urea groups is 1. The van der Waals surface area contributed by atoms with Gasteiger partial charge in [0.25, 0.3) is 5.69 Å². The maximum absolute atomic E-state index is 11.5. The second kappa shape index (κ2) is 5.61. The minimum atomic E-state index is -0.514. The highest BCUT2D eigenvalue weighted by Crippen LogP contribution is 2.28. The molecule has 0 aliphatic carbocycles. The highest BCUT2D eigenvalue weighted by atomic mass is 32.1. The average molecular weight is 293 g/mol. The lowest BCUT2D eigenvalue weighted by Gasteiger charge is -1.99. The smallest absolute Gasteiger partial charge is 0.282 e. The van der Waals surface area contributed by atoms with Crippen LogP contribution in [0.5, 0.6) is 0 Å². The first-order valence-corrected chi connectivity index (χ1v) is 6.40. The van der Waals surface area contributed by atoms with Gasteiger partial charge in [0.05, 0.1) is 15.1 Å². The van der Waals surface area contributed by atoms with Crippen LogP contribution in [0.3, 0.4) is 0 Å². The number of non-ortho nitro benzene ring substituents is 1. The summed E-state index contributed by atoms with van der Waals surface area (Å²) in [5.74, 6) is 0. The van der Waals surface area contributed by atoms with Gasteiger partial charge < -0.3 is 0 Å². The van der Waals surface area contributed by atoms with Crippen LogP contribution >= 0.6 is 11.3 Å². The monoisotopic (exact) mass is 293 g/mol. The molecule has 0 spiro atoms. The highest BCUT2D eigenvalue weighted by molar-refractivity contribution is 7.22. The van der Waals surface area contributed by atoms with Gasteiger partial charge in [-0.25, -0.2) is 15.2 Å². The lowest BCUT2D eigenvalue weighted by atomic mass is 10.3. The van der Waals surface area contributed by atoms with Crippen LogP contribution in [-0.4, -0.2) is 21.7 Å². The van der Waals surface area contributed by atoms with E-state index in [9.17, 15) is 14.9 Å². The molecule has 1 aromatic carbocycles. The summed E-state index contributed by atoms with van der Waals surface area (Å²) in [5.41, 5.74) is 3.59. The Morgan fingerprint density at radius 2 is 2.20 bits per heavy atom. The Labute approximate surface area is 117 Å². The minimum absolute atomic E-state index is 0.0108. The van der Waals surface area contributed by atoms with E-state index in [1.807, 2.05) is 0 Å². The van der Waals surface area contributed by atoms with Gasteiger partial charge >= 0.3 is 6.03 Å². The normalized spacial score (nSPS) is 10.1. The molecule has 2 rings (SSSR count). The van der Waals surface area contributed by atoms with Gasteiger partial charge in [-0.05, 0) is 19.9 Å². The Morgan fingerprint density at radius 3 is 2.85 bits per heavy atom. The summed E-state index contributed by atoms with van der Waals surface area (Å²) < 4.78 is 0.629. The Hall–Kier alpha value is -2.55. The lowest BCUT2D eigenvalue weighted by molar-refractivity contribution is -0.384. The predicted molar refractivity (Wildman–Crippen MR) is 77.2 cm³/mol. The van der Waals surface area contributed by atoms with Gasteiger partial charge in [0.1, 0.15) is 0 Å². The second-order valence-corrected chi connectivity index (χ2v) is 5.08. The molecule has 0 atom stereocenters. The van der Waals surface area contributed by atoms with Crippen LogP contribution in [0.25, 0.3) is 10.2 Å². The molecule has 8 nitrogen and oxygen atoms in total. The van der Waals surface area contributed by atoms with Gasteiger partial charge in [-0.1, -0.05) is 11.3 Å². The molecule has 9 heteroatoms. The van der Waals surface area contributed by atoms with E-state index >= 15 is 0 Å². The van der Waals surface area contributed by atoms with E-state index in [4.69, 9.17) is 0 Å². The van der Waals surface area contributed by atoms with Crippen molar-refractivity contribution in [1.82, 2.24) is 10.4 Å². The maximum atomic E-state index is 11.5. The number of carbonyl (C=O) groups is 1. The Morgan fingerprint density at radius 1 is 1.45 bits per heavy atom. The summed E-state index contributed by atoms with van der Waals surface area (Å²) in [6, 6.07) is 3.82. The highest BCUT2D eigenvalue weighted by Gasteiger charge is 2.11. The van der Waals surface area contributed by atoms with E-state index < -0.39 is 11.0 Å². The first kappa shape index (κ1) is 13.9. The summed E-state index contributed by atoms with van der Waals surface area (Å²) in [5, 5.41) is 17.3. The van der Waals surface area contributed by atoms with Crippen molar-refractivity contribution >= 4 is 44.1 Å². The van der Waals surface area contributed by atoms with Gasteiger partial charge in [-0.2, -0.15) is 5.10 Å². The lowest BCUT2D eigenvalue weighted by Crippen LogP contribution is -2.24. The van der Waals surface area contributed by atoms with E-state index in [0.29, 0.717) is 21.1 Å². The summed E-state index contributed by atoms with van der Waals surface area (Å²) in [6.45, 7) is 3.49. The molecule has 2 N–H and O–H groups in total. The topological polar surface area (TPSA) is 110 Å². The van der Waals surface area contributed by atoms with E-state index in [1.54, 1.807) is 19.9 Å². The van der Waals surface area contributed by atoms with E-state index in [0.717, 1.165) is 11.3 Å². The van der Waals surface area contributed by atoms with Gasteiger partial charge in [0.15, 0.2) is 5.13 Å². The number of thiazole rings is 1. The molecule has 0 saturated heterocycles. The molecule has 0 radical (unpaired) electrons. The van der Waals surface area contributed by atoms with Crippen molar-refractivity contribution in [3.05, 3.63) is 28.3 Å². The van der Waals surface area contributed by atoms with Gasteiger partial charge in [0.2, 0.25) is 0 Å². The van der Waals surface area contributed by atoms with Crippen LogP contribution in [-0.2, 0) is 0 Å². The Balaban J connectivity index is 2.17. The molecule has 2 aromatic rings. The summed E-state index contributed by atoms with van der Waals surface area (Å²) in [6.07, 6.45) is 0. The predicted octanol–water partition coefficient (Wildman–Crippen LogP) is 2.72. The summed E-state index contributed by atoms with van der Waals surface area (Å²) >= 11 is 1.16. The van der Waals surface area contributed by atoms with Crippen molar-refractivity contribution in [2.24, 2.45) is 5.10 Å². The molecular weight excluding hydrogens is 282 g/mol. The number of hydrogen-bond donors (Lipinski definition) is 2. The van der Waals surface area contributed by atoms with E-state index in [1.165, 1.54) is 12.1 Å². The fraction of sp³-hybridized carbons (Fsp3) is 0.182. The fourth-order valence-electron chi connectivity index (χ4n) is 1.37.